The van der Waals surface area contributed by atoms with E-state index in [1.807, 2.05) is 18.7 Å². The first-order chi connectivity index (χ1) is 8.51. The summed E-state index contributed by atoms with van der Waals surface area (Å²) in [6, 6.07) is 0.0426. The Hall–Kier alpha value is -1.10. The zero-order valence-corrected chi connectivity index (χ0v) is 11.6. The molecule has 0 aliphatic carbocycles. The van der Waals surface area contributed by atoms with Crippen LogP contribution >= 0.6 is 0 Å². The number of likely N-dealkylation sites (tertiary alicyclic amines) is 1. The van der Waals surface area contributed by atoms with Gasteiger partial charge in [0.05, 0.1) is 0 Å². The van der Waals surface area contributed by atoms with Crippen LogP contribution in [-0.4, -0.2) is 52.9 Å². The third-order valence-corrected chi connectivity index (χ3v) is 4.25. The fourth-order valence-corrected chi connectivity index (χ4v) is 3.31. The molecule has 2 amide bonds. The molecule has 2 aliphatic rings. The van der Waals surface area contributed by atoms with Crippen LogP contribution in [0.25, 0.3) is 0 Å². The zero-order valence-electron chi connectivity index (χ0n) is 11.6. The maximum absolute atomic E-state index is 12.0. The first kappa shape index (κ1) is 13.3. The average Bonchev–Trinajstić information content (AvgIpc) is 2.48. The number of rotatable bonds is 2. The highest BCUT2D eigenvalue weighted by Crippen LogP contribution is 2.34. The van der Waals surface area contributed by atoms with Crippen LogP contribution in [0.3, 0.4) is 0 Å². The monoisotopic (exact) mass is 252 g/mol. The van der Waals surface area contributed by atoms with E-state index in [2.05, 4.69) is 17.1 Å². The molecule has 0 aromatic rings. The van der Waals surface area contributed by atoms with Crippen molar-refractivity contribution in [2.24, 2.45) is 0 Å². The second kappa shape index (κ2) is 4.88. The van der Waals surface area contributed by atoms with Gasteiger partial charge in [0.25, 0.3) is 0 Å². The molecule has 5 heteroatoms. The molecule has 1 unspecified atom stereocenters. The van der Waals surface area contributed by atoms with Crippen LogP contribution in [0.5, 0.6) is 0 Å². The highest BCUT2D eigenvalue weighted by Gasteiger charge is 2.51. The van der Waals surface area contributed by atoms with Crippen LogP contribution < -0.4 is 5.32 Å². The molecule has 2 rings (SSSR count). The fourth-order valence-electron chi connectivity index (χ4n) is 3.31. The first-order valence-corrected chi connectivity index (χ1v) is 6.93. The summed E-state index contributed by atoms with van der Waals surface area (Å²) in [5.74, 6) is 0.402. The van der Waals surface area contributed by atoms with Crippen LogP contribution in [0.15, 0.2) is 0 Å². The summed E-state index contributed by atoms with van der Waals surface area (Å²) in [4.78, 5) is 16.3. The molecule has 0 saturated carbocycles. The first-order valence-electron chi connectivity index (χ1n) is 6.93. The highest BCUT2D eigenvalue weighted by atomic mass is 16.2. The minimum absolute atomic E-state index is 0.0973. The third-order valence-electron chi connectivity index (χ3n) is 4.25. The lowest BCUT2D eigenvalue weighted by atomic mass is 9.87. The Morgan fingerprint density at radius 2 is 2.11 bits per heavy atom. The normalized spacial score (nSPS) is 30.1. The summed E-state index contributed by atoms with van der Waals surface area (Å²) in [7, 11) is 0. The Bertz CT molecular complexity index is 355. The molecule has 2 fully saturated rings. The van der Waals surface area contributed by atoms with E-state index in [0.717, 1.165) is 38.9 Å². The summed E-state index contributed by atoms with van der Waals surface area (Å²) in [6.07, 6.45) is 2.82. The van der Waals surface area contributed by atoms with Gasteiger partial charge in [0.1, 0.15) is 11.4 Å². The molecule has 1 atom stereocenters. The number of hydrogen-bond donors (Lipinski definition) is 2. The van der Waals surface area contributed by atoms with Gasteiger partial charge < -0.3 is 9.80 Å². The standard InChI is InChI=1S/C13H24N4O/c1-4-16-8-5-6-13(7-9-16)11(14)15-12(18)17(13)10(2)3/h10H,4-9H2,1-3H3,(H2,14,15,18). The second-order valence-electron chi connectivity index (χ2n) is 5.59. The van der Waals surface area contributed by atoms with Crippen LogP contribution in [0.2, 0.25) is 0 Å². The van der Waals surface area contributed by atoms with Crippen LogP contribution in [0.1, 0.15) is 40.0 Å². The SMILES string of the molecule is CCN1CCCC2(CC1)C(=N)NC(=O)N2C(C)C. The van der Waals surface area contributed by atoms with Crippen molar-refractivity contribution in [3.63, 3.8) is 0 Å². The molecule has 0 bridgehead atoms. The third kappa shape index (κ3) is 2.00. The van der Waals surface area contributed by atoms with Crippen molar-refractivity contribution in [2.45, 2.75) is 51.6 Å². The van der Waals surface area contributed by atoms with Gasteiger partial charge in [-0.05, 0) is 46.2 Å². The van der Waals surface area contributed by atoms with Gasteiger partial charge in [0.2, 0.25) is 0 Å². The minimum atomic E-state index is -0.380. The largest absolute Gasteiger partial charge is 0.323 e. The van der Waals surface area contributed by atoms with Crippen molar-refractivity contribution >= 4 is 11.9 Å². The van der Waals surface area contributed by atoms with Gasteiger partial charge in [-0.15, -0.1) is 0 Å². The van der Waals surface area contributed by atoms with E-state index in [1.165, 1.54) is 0 Å². The second-order valence-corrected chi connectivity index (χ2v) is 5.59. The summed E-state index contributed by atoms with van der Waals surface area (Å²) in [5, 5.41) is 10.9. The smallest absolute Gasteiger partial charge is 0.309 e. The van der Waals surface area contributed by atoms with E-state index in [-0.39, 0.29) is 17.6 Å². The predicted molar refractivity (Wildman–Crippen MR) is 71.9 cm³/mol. The van der Waals surface area contributed by atoms with E-state index in [0.29, 0.717) is 5.84 Å². The molecule has 2 heterocycles. The van der Waals surface area contributed by atoms with Crippen LogP contribution in [0, 0.1) is 5.41 Å². The van der Waals surface area contributed by atoms with Gasteiger partial charge in [-0.3, -0.25) is 10.7 Å². The van der Waals surface area contributed by atoms with Gasteiger partial charge in [-0.25, -0.2) is 4.79 Å². The molecule has 2 N–H and O–H groups in total. The highest BCUT2D eigenvalue weighted by molar-refractivity contribution is 6.08. The van der Waals surface area contributed by atoms with Gasteiger partial charge in [-0.2, -0.15) is 0 Å². The van der Waals surface area contributed by atoms with Crippen molar-refractivity contribution in [1.82, 2.24) is 15.1 Å². The number of nitrogens with zero attached hydrogens (tertiary/aromatic N) is 2. The predicted octanol–water partition coefficient (Wildman–Crippen LogP) is 1.64. The van der Waals surface area contributed by atoms with Crippen molar-refractivity contribution in [3.8, 4) is 0 Å². The number of carbonyl (C=O) groups is 1. The summed E-state index contributed by atoms with van der Waals surface area (Å²) in [5.41, 5.74) is -0.380. The van der Waals surface area contributed by atoms with E-state index in [9.17, 15) is 4.79 Å². The Morgan fingerprint density at radius 1 is 1.39 bits per heavy atom. The Balaban J connectivity index is 2.26. The molecule has 1 spiro atoms. The van der Waals surface area contributed by atoms with Crippen molar-refractivity contribution in [1.29, 1.82) is 5.41 Å². The van der Waals surface area contributed by atoms with Crippen LogP contribution in [-0.2, 0) is 0 Å². The molecule has 102 valence electrons. The maximum atomic E-state index is 12.0. The summed E-state index contributed by atoms with van der Waals surface area (Å²) < 4.78 is 0. The van der Waals surface area contributed by atoms with Crippen molar-refractivity contribution < 1.29 is 4.79 Å². The molecule has 0 aromatic carbocycles. The Kier molecular flexibility index (Phi) is 3.61. The van der Waals surface area contributed by atoms with Gasteiger partial charge in [0.15, 0.2) is 0 Å². The fraction of sp³-hybridized carbons (Fsp3) is 0.846. The quantitative estimate of drug-likeness (QED) is 0.785. The molecule has 18 heavy (non-hydrogen) atoms. The van der Waals surface area contributed by atoms with Gasteiger partial charge >= 0.3 is 6.03 Å². The Labute approximate surface area is 109 Å². The molecular formula is C13H24N4O. The van der Waals surface area contributed by atoms with E-state index in [4.69, 9.17) is 5.41 Å². The molecule has 0 radical (unpaired) electrons. The molecule has 5 nitrogen and oxygen atoms in total. The topological polar surface area (TPSA) is 59.4 Å². The number of urea groups is 1. The maximum Gasteiger partial charge on any atom is 0.323 e. The van der Waals surface area contributed by atoms with Crippen molar-refractivity contribution in [2.75, 3.05) is 19.6 Å². The van der Waals surface area contributed by atoms with Crippen LogP contribution in [0.4, 0.5) is 4.79 Å². The van der Waals surface area contributed by atoms with E-state index in [1.54, 1.807) is 0 Å². The number of amidine groups is 1. The molecule has 0 aromatic heterocycles. The average molecular weight is 252 g/mol. The summed E-state index contributed by atoms with van der Waals surface area (Å²) in [6.45, 7) is 9.32. The van der Waals surface area contributed by atoms with Gasteiger partial charge in [-0.1, -0.05) is 6.92 Å². The molecular weight excluding hydrogens is 228 g/mol. The van der Waals surface area contributed by atoms with E-state index < -0.39 is 0 Å². The zero-order chi connectivity index (χ0) is 13.3. The Morgan fingerprint density at radius 3 is 2.72 bits per heavy atom. The molecule has 2 aliphatic heterocycles. The minimum Gasteiger partial charge on any atom is -0.309 e. The number of hydrogen-bond acceptors (Lipinski definition) is 3. The van der Waals surface area contributed by atoms with Crippen molar-refractivity contribution in [3.05, 3.63) is 0 Å². The van der Waals surface area contributed by atoms with Gasteiger partial charge in [0, 0.05) is 12.6 Å². The number of carbonyl (C=O) groups excluding carboxylic acids is 1. The molecule has 2 saturated heterocycles. The number of amides is 2. The van der Waals surface area contributed by atoms with E-state index >= 15 is 0 Å². The lowest BCUT2D eigenvalue weighted by Crippen LogP contribution is -2.52. The lowest BCUT2D eigenvalue weighted by Gasteiger charge is -2.38. The summed E-state index contributed by atoms with van der Waals surface area (Å²) >= 11 is 0. The lowest BCUT2D eigenvalue weighted by molar-refractivity contribution is 0.138. The number of nitrogens with one attached hydrogen (secondary N) is 2.